The van der Waals surface area contributed by atoms with Gasteiger partial charge in [0.25, 0.3) is 0 Å². The normalized spacial score (nSPS) is 17.8. The number of carboxylic acid groups (broad SMARTS) is 1. The predicted molar refractivity (Wildman–Crippen MR) is 75.7 cm³/mol. The van der Waals surface area contributed by atoms with Gasteiger partial charge in [-0.3, -0.25) is 4.79 Å². The Morgan fingerprint density at radius 1 is 1.43 bits per heavy atom. The summed E-state index contributed by atoms with van der Waals surface area (Å²) in [6.45, 7) is 6.50. The number of azide groups is 1. The SMILES string of the molecule is CC(C)(C)OC(=O)N1CCC(CC(N=[N+]=[N-])C(=O)O)CC1. The van der Waals surface area contributed by atoms with E-state index in [1.165, 1.54) is 0 Å². The average molecular weight is 298 g/mol. The fourth-order valence-corrected chi connectivity index (χ4v) is 2.25. The molecule has 1 rings (SSSR count). The number of hydrogen-bond donors (Lipinski definition) is 1. The number of piperidine rings is 1. The number of ether oxygens (including phenoxy) is 1. The van der Waals surface area contributed by atoms with E-state index in [0.717, 1.165) is 0 Å². The molecule has 0 bridgehead atoms. The molecule has 1 unspecified atom stereocenters. The third-order valence-electron chi connectivity index (χ3n) is 3.30. The predicted octanol–water partition coefficient (Wildman–Crippen LogP) is 2.79. The molecular formula is C13H22N4O4. The zero-order chi connectivity index (χ0) is 16.0. The molecule has 0 aromatic carbocycles. The van der Waals surface area contributed by atoms with Crippen LogP contribution < -0.4 is 0 Å². The smallest absolute Gasteiger partial charge is 0.410 e. The van der Waals surface area contributed by atoms with E-state index in [0.29, 0.717) is 32.4 Å². The molecule has 1 atom stereocenters. The Balaban J connectivity index is 2.46. The monoisotopic (exact) mass is 298 g/mol. The molecule has 1 N–H and O–H groups in total. The van der Waals surface area contributed by atoms with Crippen molar-refractivity contribution in [3.05, 3.63) is 10.4 Å². The third-order valence-corrected chi connectivity index (χ3v) is 3.30. The Morgan fingerprint density at radius 2 is 2.00 bits per heavy atom. The molecule has 0 radical (unpaired) electrons. The van der Waals surface area contributed by atoms with Crippen LogP contribution in [0.4, 0.5) is 4.79 Å². The minimum Gasteiger partial charge on any atom is -0.481 e. The van der Waals surface area contributed by atoms with Crippen LogP contribution in [0.5, 0.6) is 0 Å². The number of rotatable bonds is 4. The fraction of sp³-hybridized carbons (Fsp3) is 0.846. The molecule has 1 amide bonds. The Bertz CT molecular complexity index is 430. The second-order valence-electron chi connectivity index (χ2n) is 6.21. The van der Waals surface area contributed by atoms with E-state index in [1.54, 1.807) is 4.90 Å². The lowest BCUT2D eigenvalue weighted by Gasteiger charge is -2.33. The largest absolute Gasteiger partial charge is 0.481 e. The van der Waals surface area contributed by atoms with Crippen LogP contribution in [0.1, 0.15) is 40.0 Å². The van der Waals surface area contributed by atoms with Gasteiger partial charge in [0.1, 0.15) is 11.6 Å². The minimum absolute atomic E-state index is 0.135. The molecule has 1 aliphatic heterocycles. The first kappa shape index (κ1) is 17.1. The van der Waals surface area contributed by atoms with Gasteiger partial charge in [-0.15, -0.1) is 0 Å². The van der Waals surface area contributed by atoms with Crippen molar-refractivity contribution in [3.8, 4) is 0 Å². The zero-order valence-corrected chi connectivity index (χ0v) is 12.7. The molecule has 0 spiro atoms. The summed E-state index contributed by atoms with van der Waals surface area (Å²) in [4.78, 5) is 27.0. The van der Waals surface area contributed by atoms with Gasteiger partial charge >= 0.3 is 12.1 Å². The maximum Gasteiger partial charge on any atom is 0.410 e. The van der Waals surface area contributed by atoms with Crippen molar-refractivity contribution >= 4 is 12.1 Å². The van der Waals surface area contributed by atoms with Crippen molar-refractivity contribution in [3.63, 3.8) is 0 Å². The number of carboxylic acids is 1. The van der Waals surface area contributed by atoms with E-state index in [2.05, 4.69) is 10.0 Å². The molecule has 8 heteroatoms. The first-order valence-electron chi connectivity index (χ1n) is 6.98. The maximum absolute atomic E-state index is 11.9. The fourth-order valence-electron chi connectivity index (χ4n) is 2.25. The highest BCUT2D eigenvalue weighted by molar-refractivity contribution is 5.73. The molecule has 0 aromatic heterocycles. The number of nitrogens with zero attached hydrogens (tertiary/aromatic N) is 4. The lowest BCUT2D eigenvalue weighted by molar-refractivity contribution is -0.139. The van der Waals surface area contributed by atoms with E-state index < -0.39 is 17.6 Å². The minimum atomic E-state index is -1.11. The van der Waals surface area contributed by atoms with Gasteiger partial charge in [-0.25, -0.2) is 4.79 Å². The molecule has 21 heavy (non-hydrogen) atoms. The van der Waals surface area contributed by atoms with Crippen molar-refractivity contribution in [2.45, 2.75) is 51.7 Å². The molecule has 0 saturated carbocycles. The molecule has 8 nitrogen and oxygen atoms in total. The summed E-state index contributed by atoms with van der Waals surface area (Å²) >= 11 is 0. The molecule has 118 valence electrons. The van der Waals surface area contributed by atoms with Crippen LogP contribution in [-0.4, -0.2) is 46.8 Å². The maximum atomic E-state index is 11.9. The Morgan fingerprint density at radius 3 is 2.43 bits per heavy atom. The van der Waals surface area contributed by atoms with Crippen molar-refractivity contribution in [1.29, 1.82) is 0 Å². The number of aliphatic carboxylic acids is 1. The average Bonchev–Trinajstić information content (AvgIpc) is 2.36. The van der Waals surface area contributed by atoms with Crippen molar-refractivity contribution < 1.29 is 19.4 Å². The van der Waals surface area contributed by atoms with Gasteiger partial charge in [0.15, 0.2) is 0 Å². The summed E-state index contributed by atoms with van der Waals surface area (Å²) in [5.74, 6) is -0.974. The van der Waals surface area contributed by atoms with Crippen LogP contribution in [0.25, 0.3) is 10.4 Å². The van der Waals surface area contributed by atoms with Gasteiger partial charge < -0.3 is 14.7 Å². The van der Waals surface area contributed by atoms with Crippen molar-refractivity contribution in [1.82, 2.24) is 4.90 Å². The molecule has 0 aromatic rings. The Kier molecular flexibility index (Phi) is 5.84. The molecule has 1 saturated heterocycles. The molecule has 1 heterocycles. The second-order valence-corrected chi connectivity index (χ2v) is 6.21. The highest BCUT2D eigenvalue weighted by atomic mass is 16.6. The number of amides is 1. The summed E-state index contributed by atoms with van der Waals surface area (Å²) in [7, 11) is 0. The van der Waals surface area contributed by atoms with Crippen molar-refractivity contribution in [2.24, 2.45) is 11.0 Å². The summed E-state index contributed by atoms with van der Waals surface area (Å²) in [6, 6.07) is -1.03. The quantitative estimate of drug-likeness (QED) is 0.488. The molecular weight excluding hydrogens is 276 g/mol. The van der Waals surface area contributed by atoms with Crippen LogP contribution in [0.15, 0.2) is 5.11 Å². The van der Waals surface area contributed by atoms with Gasteiger partial charge in [0.05, 0.1) is 0 Å². The second kappa shape index (κ2) is 7.17. The van der Waals surface area contributed by atoms with Crippen molar-refractivity contribution in [2.75, 3.05) is 13.1 Å². The third kappa shape index (κ3) is 5.91. The van der Waals surface area contributed by atoms with E-state index in [9.17, 15) is 9.59 Å². The topological polar surface area (TPSA) is 116 Å². The summed E-state index contributed by atoms with van der Waals surface area (Å²) in [5.41, 5.74) is 7.84. The van der Waals surface area contributed by atoms with E-state index in [1.807, 2.05) is 20.8 Å². The zero-order valence-electron chi connectivity index (χ0n) is 12.7. The summed E-state index contributed by atoms with van der Waals surface area (Å²) < 4.78 is 5.30. The van der Waals surface area contributed by atoms with Crippen LogP contribution >= 0.6 is 0 Å². The van der Waals surface area contributed by atoms with Gasteiger partial charge in [0.2, 0.25) is 0 Å². The lowest BCUT2D eigenvalue weighted by atomic mass is 9.90. The summed E-state index contributed by atoms with van der Waals surface area (Å²) in [5, 5.41) is 12.2. The first-order chi connectivity index (χ1) is 9.73. The Hall–Kier alpha value is -1.95. The molecule has 1 aliphatic rings. The number of likely N-dealkylation sites (tertiary alicyclic amines) is 1. The van der Waals surface area contributed by atoms with E-state index in [4.69, 9.17) is 15.4 Å². The van der Waals surface area contributed by atoms with Gasteiger partial charge in [-0.2, -0.15) is 0 Å². The first-order valence-corrected chi connectivity index (χ1v) is 6.98. The van der Waals surface area contributed by atoms with Gasteiger partial charge in [-0.05, 0) is 51.5 Å². The molecule has 0 aliphatic carbocycles. The Labute approximate surface area is 123 Å². The van der Waals surface area contributed by atoms with Gasteiger partial charge in [0, 0.05) is 18.0 Å². The lowest BCUT2D eigenvalue weighted by Crippen LogP contribution is -2.42. The highest BCUT2D eigenvalue weighted by Crippen LogP contribution is 2.24. The van der Waals surface area contributed by atoms with E-state index in [-0.39, 0.29) is 12.0 Å². The highest BCUT2D eigenvalue weighted by Gasteiger charge is 2.29. The molecule has 1 fully saturated rings. The number of hydrogen-bond acceptors (Lipinski definition) is 4. The number of carbonyl (C=O) groups excluding carboxylic acids is 1. The standard InChI is InChI=1S/C13H22N4O4/c1-13(2,3)21-12(20)17-6-4-9(5-7-17)8-10(11(18)19)15-16-14/h9-10H,4-8H2,1-3H3,(H,18,19). The van der Waals surface area contributed by atoms with Crippen LogP contribution in [-0.2, 0) is 9.53 Å². The van der Waals surface area contributed by atoms with E-state index >= 15 is 0 Å². The number of carbonyl (C=O) groups is 2. The van der Waals surface area contributed by atoms with Gasteiger partial charge in [-0.1, -0.05) is 5.11 Å². The van der Waals surface area contributed by atoms with Crippen LogP contribution in [0, 0.1) is 5.92 Å². The summed E-state index contributed by atoms with van der Waals surface area (Å²) in [6.07, 6.45) is 1.33. The van der Waals surface area contributed by atoms with Crippen LogP contribution in [0.2, 0.25) is 0 Å². The van der Waals surface area contributed by atoms with Crippen LogP contribution in [0.3, 0.4) is 0 Å².